The van der Waals surface area contributed by atoms with Crippen molar-refractivity contribution in [1.82, 2.24) is 10.2 Å². The Labute approximate surface area is 197 Å². The lowest BCUT2D eigenvalue weighted by Crippen LogP contribution is -2.48. The van der Waals surface area contributed by atoms with Gasteiger partial charge in [-0.3, -0.25) is 0 Å². The maximum absolute atomic E-state index is 13.0. The van der Waals surface area contributed by atoms with E-state index in [1.165, 1.54) is 44.9 Å². The Kier molecular flexibility index (Phi) is 10.3. The molecule has 1 aromatic rings. The molecule has 184 valence electrons. The summed E-state index contributed by atoms with van der Waals surface area (Å²) in [5.74, 6) is 0.357. The summed E-state index contributed by atoms with van der Waals surface area (Å²) in [5, 5.41) is 12.5. The maximum Gasteiger partial charge on any atom is 0.333 e. The van der Waals surface area contributed by atoms with Crippen molar-refractivity contribution < 1.29 is 24.2 Å². The highest BCUT2D eigenvalue weighted by atomic mass is 16.5. The first kappa shape index (κ1) is 25.3. The maximum atomic E-state index is 13.0. The number of ether oxygens (including phenoxy) is 2. The molecule has 0 saturated heterocycles. The smallest absolute Gasteiger partial charge is 0.333 e. The van der Waals surface area contributed by atoms with Gasteiger partial charge in [0.2, 0.25) is 0 Å². The number of amides is 2. The first-order valence-electron chi connectivity index (χ1n) is 12.7. The lowest BCUT2D eigenvalue weighted by Gasteiger charge is -2.30. The molecule has 2 aliphatic rings. The van der Waals surface area contributed by atoms with Crippen molar-refractivity contribution in [3.05, 3.63) is 29.8 Å². The number of hydrogen-bond donors (Lipinski definition) is 2. The first-order valence-corrected chi connectivity index (χ1v) is 12.7. The molecule has 2 saturated carbocycles. The highest BCUT2D eigenvalue weighted by Crippen LogP contribution is 2.26. The van der Waals surface area contributed by atoms with E-state index in [0.29, 0.717) is 38.1 Å². The second-order valence-corrected chi connectivity index (χ2v) is 9.36. The van der Waals surface area contributed by atoms with E-state index in [1.54, 1.807) is 6.92 Å². The Balaban J connectivity index is 1.49. The average Bonchev–Trinajstić information content (AvgIpc) is 3.33. The van der Waals surface area contributed by atoms with Crippen molar-refractivity contribution in [2.75, 3.05) is 26.3 Å². The molecule has 2 amide bonds. The van der Waals surface area contributed by atoms with Crippen molar-refractivity contribution in [3.8, 4) is 5.75 Å². The van der Waals surface area contributed by atoms with E-state index < -0.39 is 12.1 Å². The van der Waals surface area contributed by atoms with Gasteiger partial charge in [0.25, 0.3) is 0 Å². The van der Waals surface area contributed by atoms with Gasteiger partial charge in [-0.05, 0) is 56.2 Å². The standard InChI is InChI=1S/C26H40N2O5/c1-2-32-24(25(29)30)18-20-12-14-23(15-13-20)33-17-16-28(19-21-8-6-7-9-21)26(31)27-22-10-4-3-5-11-22/h12-15,21-22,24H,2-11,16-19H2,1H3,(H,27,31)(H,29,30). The molecule has 33 heavy (non-hydrogen) atoms. The van der Waals surface area contributed by atoms with Crippen molar-refractivity contribution in [2.45, 2.75) is 83.3 Å². The van der Waals surface area contributed by atoms with Crippen molar-refractivity contribution in [1.29, 1.82) is 0 Å². The van der Waals surface area contributed by atoms with E-state index >= 15 is 0 Å². The molecule has 3 rings (SSSR count). The number of hydrogen-bond acceptors (Lipinski definition) is 4. The van der Waals surface area contributed by atoms with Gasteiger partial charge in [-0.25, -0.2) is 9.59 Å². The molecule has 7 heteroatoms. The highest BCUT2D eigenvalue weighted by molar-refractivity contribution is 5.74. The number of carboxylic acid groups (broad SMARTS) is 1. The third-order valence-electron chi connectivity index (χ3n) is 6.79. The molecule has 0 bridgehead atoms. The number of benzene rings is 1. The van der Waals surface area contributed by atoms with Gasteiger partial charge >= 0.3 is 12.0 Å². The molecule has 0 aliphatic heterocycles. The largest absolute Gasteiger partial charge is 0.492 e. The minimum Gasteiger partial charge on any atom is -0.492 e. The van der Waals surface area contributed by atoms with Crippen LogP contribution in [0, 0.1) is 5.92 Å². The van der Waals surface area contributed by atoms with Crippen LogP contribution in [0.3, 0.4) is 0 Å². The van der Waals surface area contributed by atoms with Crippen molar-refractivity contribution in [2.24, 2.45) is 5.92 Å². The van der Waals surface area contributed by atoms with Crippen LogP contribution in [0.5, 0.6) is 5.75 Å². The molecule has 7 nitrogen and oxygen atoms in total. The van der Waals surface area contributed by atoms with E-state index in [-0.39, 0.29) is 6.03 Å². The number of carbonyl (C=O) groups is 2. The minimum atomic E-state index is -0.953. The lowest BCUT2D eigenvalue weighted by atomic mass is 9.96. The molecule has 2 fully saturated rings. The Morgan fingerprint density at radius 2 is 1.73 bits per heavy atom. The summed E-state index contributed by atoms with van der Waals surface area (Å²) in [7, 11) is 0. The number of nitrogens with zero attached hydrogens (tertiary/aromatic N) is 1. The van der Waals surface area contributed by atoms with Crippen LogP contribution in [-0.4, -0.2) is 60.5 Å². The topological polar surface area (TPSA) is 88.1 Å². The molecule has 0 heterocycles. The van der Waals surface area contributed by atoms with Gasteiger partial charge in [0.05, 0.1) is 6.54 Å². The van der Waals surface area contributed by atoms with E-state index in [1.807, 2.05) is 29.2 Å². The lowest BCUT2D eigenvalue weighted by molar-refractivity contribution is -0.149. The molecule has 1 aromatic carbocycles. The zero-order chi connectivity index (χ0) is 23.5. The summed E-state index contributed by atoms with van der Waals surface area (Å²) in [6.45, 7) is 3.94. The summed E-state index contributed by atoms with van der Waals surface area (Å²) in [6.07, 6.45) is 10.2. The molecule has 2 N–H and O–H groups in total. The number of aliphatic carboxylic acids is 1. The molecule has 0 radical (unpaired) electrons. The Morgan fingerprint density at radius 1 is 1.06 bits per heavy atom. The quantitative estimate of drug-likeness (QED) is 0.475. The van der Waals surface area contributed by atoms with Crippen LogP contribution in [0.2, 0.25) is 0 Å². The number of carbonyl (C=O) groups excluding carboxylic acids is 1. The number of rotatable bonds is 12. The number of nitrogens with one attached hydrogen (secondary N) is 1. The SMILES string of the molecule is CCOC(Cc1ccc(OCCN(CC2CCCC2)C(=O)NC2CCCCC2)cc1)C(=O)O. The van der Waals surface area contributed by atoms with Crippen LogP contribution in [0.25, 0.3) is 0 Å². The summed E-state index contributed by atoms with van der Waals surface area (Å²) < 4.78 is 11.2. The summed E-state index contributed by atoms with van der Waals surface area (Å²) in [4.78, 5) is 26.2. The Hall–Kier alpha value is -2.28. The van der Waals surface area contributed by atoms with E-state index in [4.69, 9.17) is 9.47 Å². The normalized spacial score (nSPS) is 18.1. The van der Waals surface area contributed by atoms with Gasteiger partial charge in [0.1, 0.15) is 12.4 Å². The zero-order valence-electron chi connectivity index (χ0n) is 20.0. The third kappa shape index (κ3) is 8.54. The van der Waals surface area contributed by atoms with Crippen molar-refractivity contribution >= 4 is 12.0 Å². The summed E-state index contributed by atoms with van der Waals surface area (Å²) in [5.41, 5.74) is 0.887. The monoisotopic (exact) mass is 460 g/mol. The molecule has 0 spiro atoms. The highest BCUT2D eigenvalue weighted by Gasteiger charge is 2.24. The molecular formula is C26H40N2O5. The molecular weight excluding hydrogens is 420 g/mol. The second kappa shape index (κ2) is 13.4. The first-order chi connectivity index (χ1) is 16.0. The van der Waals surface area contributed by atoms with Crippen molar-refractivity contribution in [3.63, 3.8) is 0 Å². The summed E-state index contributed by atoms with van der Waals surface area (Å²) in [6, 6.07) is 7.79. The van der Waals surface area contributed by atoms with Gasteiger partial charge in [0, 0.05) is 25.6 Å². The molecule has 1 atom stereocenters. The van der Waals surface area contributed by atoms with Gasteiger partial charge in [-0.1, -0.05) is 44.2 Å². The minimum absolute atomic E-state index is 0.0448. The molecule has 2 aliphatic carbocycles. The summed E-state index contributed by atoms with van der Waals surface area (Å²) >= 11 is 0. The predicted molar refractivity (Wildman–Crippen MR) is 128 cm³/mol. The van der Waals surface area contributed by atoms with Gasteiger partial charge in [-0.15, -0.1) is 0 Å². The Bertz CT molecular complexity index is 727. The van der Waals surface area contributed by atoms with Gasteiger partial charge in [0.15, 0.2) is 6.10 Å². The van der Waals surface area contributed by atoms with Crippen LogP contribution in [-0.2, 0) is 16.0 Å². The van der Waals surface area contributed by atoms with Crippen LogP contribution in [0.15, 0.2) is 24.3 Å². The Morgan fingerprint density at radius 3 is 2.36 bits per heavy atom. The average molecular weight is 461 g/mol. The number of urea groups is 1. The van der Waals surface area contributed by atoms with Crippen LogP contribution >= 0.6 is 0 Å². The third-order valence-corrected chi connectivity index (χ3v) is 6.79. The number of carboxylic acids is 1. The zero-order valence-corrected chi connectivity index (χ0v) is 20.0. The predicted octanol–water partition coefficient (Wildman–Crippen LogP) is 4.63. The molecule has 1 unspecified atom stereocenters. The van der Waals surface area contributed by atoms with E-state index in [2.05, 4.69) is 5.32 Å². The fourth-order valence-corrected chi connectivity index (χ4v) is 4.92. The van der Waals surface area contributed by atoms with E-state index in [9.17, 15) is 14.7 Å². The van der Waals surface area contributed by atoms with Crippen LogP contribution < -0.4 is 10.1 Å². The fraction of sp³-hybridized carbons (Fsp3) is 0.692. The second-order valence-electron chi connectivity index (χ2n) is 9.36. The van der Waals surface area contributed by atoms with E-state index in [0.717, 1.165) is 30.7 Å². The van der Waals surface area contributed by atoms with Gasteiger partial charge < -0.3 is 24.8 Å². The van der Waals surface area contributed by atoms with Crippen LogP contribution in [0.4, 0.5) is 4.79 Å². The van der Waals surface area contributed by atoms with Gasteiger partial charge in [-0.2, -0.15) is 0 Å². The molecule has 0 aromatic heterocycles. The fourth-order valence-electron chi connectivity index (χ4n) is 4.92. The van der Waals surface area contributed by atoms with Crippen LogP contribution in [0.1, 0.15) is 70.3 Å².